The summed E-state index contributed by atoms with van der Waals surface area (Å²) in [5.74, 6) is -0.172. The summed E-state index contributed by atoms with van der Waals surface area (Å²) >= 11 is 0. The lowest BCUT2D eigenvalue weighted by molar-refractivity contribution is -0.385. The Morgan fingerprint density at radius 1 is 1.06 bits per heavy atom. The minimum atomic E-state index is -0.689. The first-order chi connectivity index (χ1) is 14.7. The Hall–Kier alpha value is -4.58. The highest BCUT2D eigenvalue weighted by Crippen LogP contribution is 2.31. The van der Waals surface area contributed by atoms with Crippen LogP contribution in [0.25, 0.3) is 17.4 Å². The number of nitro groups is 2. The van der Waals surface area contributed by atoms with Crippen molar-refractivity contribution in [3.8, 4) is 17.4 Å². The van der Waals surface area contributed by atoms with Crippen molar-refractivity contribution in [3.05, 3.63) is 96.8 Å². The fourth-order valence-electron chi connectivity index (χ4n) is 2.97. The molecule has 0 atom stereocenters. The van der Waals surface area contributed by atoms with Crippen LogP contribution in [-0.2, 0) is 0 Å². The number of carbonyl (C=O) groups excluding carboxylic acids is 1. The number of nitrogens with zero attached hydrogens (tertiary/aromatic N) is 3. The molecule has 9 heteroatoms. The highest BCUT2D eigenvalue weighted by atomic mass is 16.6. The van der Waals surface area contributed by atoms with Gasteiger partial charge in [-0.2, -0.15) is 5.26 Å². The van der Waals surface area contributed by atoms with E-state index in [1.165, 1.54) is 36.4 Å². The third-order valence-electron chi connectivity index (χ3n) is 4.72. The van der Waals surface area contributed by atoms with E-state index in [0.717, 1.165) is 11.6 Å². The maximum Gasteiger partial charge on any atom is 0.273 e. The van der Waals surface area contributed by atoms with E-state index in [9.17, 15) is 30.3 Å². The van der Waals surface area contributed by atoms with Gasteiger partial charge in [0.05, 0.1) is 9.85 Å². The lowest BCUT2D eigenvalue weighted by atomic mass is 10.0. The van der Waals surface area contributed by atoms with E-state index >= 15 is 0 Å². The first kappa shape index (κ1) is 21.1. The molecule has 0 saturated heterocycles. The molecule has 3 aromatic rings. The van der Waals surface area contributed by atoms with Gasteiger partial charge in [0.25, 0.3) is 11.4 Å². The molecule has 0 aliphatic heterocycles. The Morgan fingerprint density at radius 2 is 1.81 bits per heavy atom. The lowest BCUT2D eigenvalue weighted by Gasteiger charge is -2.04. The number of ketones is 1. The van der Waals surface area contributed by atoms with Gasteiger partial charge in [0.2, 0.25) is 5.78 Å². The normalized spacial score (nSPS) is 11.1. The van der Waals surface area contributed by atoms with Crippen molar-refractivity contribution in [1.82, 2.24) is 0 Å². The predicted molar refractivity (Wildman–Crippen MR) is 111 cm³/mol. The van der Waals surface area contributed by atoms with Gasteiger partial charge in [-0.3, -0.25) is 25.0 Å². The quantitative estimate of drug-likeness (QED) is 0.177. The van der Waals surface area contributed by atoms with Gasteiger partial charge in [-0.05, 0) is 37.6 Å². The minimum absolute atomic E-state index is 0.00133. The number of rotatable bonds is 6. The number of benzene rings is 2. The van der Waals surface area contributed by atoms with Crippen molar-refractivity contribution in [2.45, 2.75) is 13.8 Å². The van der Waals surface area contributed by atoms with Crippen LogP contribution in [0.5, 0.6) is 0 Å². The van der Waals surface area contributed by atoms with E-state index in [4.69, 9.17) is 4.42 Å². The summed E-state index contributed by atoms with van der Waals surface area (Å²) in [7, 11) is 0. The summed E-state index contributed by atoms with van der Waals surface area (Å²) in [6, 6.07) is 13.1. The molecular weight excluding hydrogens is 402 g/mol. The Morgan fingerprint density at radius 3 is 2.45 bits per heavy atom. The number of hydrogen-bond acceptors (Lipinski definition) is 7. The van der Waals surface area contributed by atoms with E-state index in [2.05, 4.69) is 0 Å². The number of Topliss-reactive ketones (excluding diaryl/α,β-unsaturated/α-hetero) is 1. The number of aryl methyl sites for hydroxylation is 1. The van der Waals surface area contributed by atoms with E-state index in [0.29, 0.717) is 16.9 Å². The molecule has 0 amide bonds. The fourth-order valence-corrected chi connectivity index (χ4v) is 2.97. The van der Waals surface area contributed by atoms with Crippen molar-refractivity contribution < 1.29 is 19.1 Å². The molecule has 0 radical (unpaired) electrons. The molecule has 0 bridgehead atoms. The summed E-state index contributed by atoms with van der Waals surface area (Å²) in [6.07, 6.45) is 1.22. The Kier molecular flexibility index (Phi) is 5.74. The second-order valence-corrected chi connectivity index (χ2v) is 6.70. The van der Waals surface area contributed by atoms with E-state index in [-0.39, 0.29) is 28.3 Å². The largest absolute Gasteiger partial charge is 0.457 e. The monoisotopic (exact) mass is 417 g/mol. The SMILES string of the molecule is Cc1cc(-c2ccc(/C=C(\C#N)C(=O)c3cccc([N+](=O)[O-])c3)o2)cc([N+](=O)[O-])c1C. The number of non-ortho nitro benzene ring substituents is 1. The van der Waals surface area contributed by atoms with Crippen molar-refractivity contribution in [3.63, 3.8) is 0 Å². The third kappa shape index (κ3) is 4.38. The molecule has 0 N–H and O–H groups in total. The Bertz CT molecular complexity index is 1300. The van der Waals surface area contributed by atoms with Crippen molar-refractivity contribution in [2.75, 3.05) is 0 Å². The predicted octanol–water partition coefficient (Wildman–Crippen LogP) is 5.17. The number of nitro benzene ring substituents is 2. The molecule has 0 aliphatic carbocycles. The standard InChI is InChI=1S/C22H15N3O6/c1-13-8-16(11-20(14(13)2)25(29)30)21-7-6-19(31-21)10-17(12-23)22(26)15-4-3-5-18(9-15)24(27)28/h3-11H,1-2H3/b17-10+. The fraction of sp³-hybridized carbons (Fsp3) is 0.0909. The zero-order valence-electron chi connectivity index (χ0n) is 16.5. The van der Waals surface area contributed by atoms with Crippen LogP contribution in [0.2, 0.25) is 0 Å². The van der Waals surface area contributed by atoms with Gasteiger partial charge in [-0.15, -0.1) is 0 Å². The van der Waals surface area contributed by atoms with Gasteiger partial charge < -0.3 is 4.42 Å². The number of hydrogen-bond donors (Lipinski definition) is 0. The molecule has 154 valence electrons. The van der Waals surface area contributed by atoms with Crippen molar-refractivity contribution in [1.29, 1.82) is 5.26 Å². The summed E-state index contributed by atoms with van der Waals surface area (Å²) in [6.45, 7) is 3.41. The van der Waals surface area contributed by atoms with E-state index in [1.807, 2.05) is 0 Å². The highest BCUT2D eigenvalue weighted by molar-refractivity contribution is 6.14. The van der Waals surface area contributed by atoms with Crippen LogP contribution in [0, 0.1) is 45.4 Å². The van der Waals surface area contributed by atoms with E-state index in [1.54, 1.807) is 32.0 Å². The molecular formula is C22H15N3O6. The molecule has 0 fully saturated rings. The summed E-state index contributed by atoms with van der Waals surface area (Å²) < 4.78 is 5.67. The Balaban J connectivity index is 1.96. The first-order valence-corrected chi connectivity index (χ1v) is 8.98. The van der Waals surface area contributed by atoms with Crippen LogP contribution >= 0.6 is 0 Å². The second-order valence-electron chi connectivity index (χ2n) is 6.70. The van der Waals surface area contributed by atoms with Crippen LogP contribution in [0.4, 0.5) is 11.4 Å². The number of furan rings is 1. The van der Waals surface area contributed by atoms with Crippen molar-refractivity contribution >= 4 is 23.2 Å². The smallest absolute Gasteiger partial charge is 0.273 e. The molecule has 9 nitrogen and oxygen atoms in total. The maximum atomic E-state index is 12.6. The third-order valence-corrected chi connectivity index (χ3v) is 4.72. The molecule has 0 spiro atoms. The van der Waals surface area contributed by atoms with Crippen LogP contribution < -0.4 is 0 Å². The first-order valence-electron chi connectivity index (χ1n) is 8.98. The van der Waals surface area contributed by atoms with Crippen LogP contribution in [0.3, 0.4) is 0 Å². The van der Waals surface area contributed by atoms with Gasteiger partial charge in [-0.1, -0.05) is 12.1 Å². The summed E-state index contributed by atoms with van der Waals surface area (Å²) in [4.78, 5) is 33.7. The molecule has 1 aromatic heterocycles. The minimum Gasteiger partial charge on any atom is -0.457 e. The van der Waals surface area contributed by atoms with Gasteiger partial charge in [0, 0.05) is 41.0 Å². The number of nitriles is 1. The molecule has 2 aromatic carbocycles. The number of allylic oxidation sites excluding steroid dienone is 1. The molecule has 31 heavy (non-hydrogen) atoms. The van der Waals surface area contributed by atoms with Crippen LogP contribution in [-0.4, -0.2) is 15.6 Å². The lowest BCUT2D eigenvalue weighted by Crippen LogP contribution is -2.02. The maximum absolute atomic E-state index is 12.6. The van der Waals surface area contributed by atoms with Crippen LogP contribution in [0.1, 0.15) is 27.2 Å². The zero-order valence-corrected chi connectivity index (χ0v) is 16.5. The van der Waals surface area contributed by atoms with Gasteiger partial charge in [0.1, 0.15) is 23.2 Å². The van der Waals surface area contributed by atoms with Gasteiger partial charge >= 0.3 is 0 Å². The molecule has 0 saturated carbocycles. The zero-order chi connectivity index (χ0) is 22.7. The topological polar surface area (TPSA) is 140 Å². The molecule has 1 heterocycles. The van der Waals surface area contributed by atoms with Gasteiger partial charge in [0.15, 0.2) is 0 Å². The average molecular weight is 417 g/mol. The Labute approximate surface area is 176 Å². The highest BCUT2D eigenvalue weighted by Gasteiger charge is 2.18. The van der Waals surface area contributed by atoms with Gasteiger partial charge in [-0.25, -0.2) is 0 Å². The number of carbonyl (C=O) groups is 1. The summed E-state index contributed by atoms with van der Waals surface area (Å²) in [5.41, 5.74) is 1.18. The van der Waals surface area contributed by atoms with Crippen LogP contribution in [0.15, 0.2) is 58.5 Å². The van der Waals surface area contributed by atoms with Crippen molar-refractivity contribution in [2.24, 2.45) is 0 Å². The summed E-state index contributed by atoms with van der Waals surface area (Å²) in [5, 5.41) is 31.6. The van der Waals surface area contributed by atoms with E-state index < -0.39 is 15.6 Å². The molecule has 3 rings (SSSR count). The second kappa shape index (κ2) is 8.42. The molecule has 0 aliphatic rings. The molecule has 0 unspecified atom stereocenters. The average Bonchev–Trinajstić information content (AvgIpc) is 3.21.